The fourth-order valence-electron chi connectivity index (χ4n) is 2.22. The number of nitrogens with one attached hydrogen (secondary N) is 2. The second kappa shape index (κ2) is 12.0. The van der Waals surface area contributed by atoms with Crippen LogP contribution < -0.4 is 10.8 Å². The molecule has 4 N–H and O–H groups in total. The molecule has 1 aliphatic rings. The highest BCUT2D eigenvalue weighted by molar-refractivity contribution is 6.27. The van der Waals surface area contributed by atoms with E-state index in [0.29, 0.717) is 19.8 Å². The van der Waals surface area contributed by atoms with E-state index in [1.54, 1.807) is 0 Å². The Morgan fingerprint density at radius 2 is 1.81 bits per heavy atom. The normalized spacial score (nSPS) is 19.0. The third kappa shape index (κ3) is 8.56. The van der Waals surface area contributed by atoms with Crippen molar-refractivity contribution in [1.82, 2.24) is 10.8 Å². The Bertz CT molecular complexity index is 560. The summed E-state index contributed by atoms with van der Waals surface area (Å²) in [5, 5.41) is 18.0. The van der Waals surface area contributed by atoms with Gasteiger partial charge in [0, 0.05) is 12.6 Å². The van der Waals surface area contributed by atoms with Crippen molar-refractivity contribution in [3.8, 4) is 0 Å². The van der Waals surface area contributed by atoms with Crippen molar-refractivity contribution in [1.29, 1.82) is 0 Å². The summed E-state index contributed by atoms with van der Waals surface area (Å²) in [5.74, 6) is -3.80. The van der Waals surface area contributed by atoms with E-state index in [9.17, 15) is 4.79 Å². The Balaban J connectivity index is 0.000000487. The fourth-order valence-corrected chi connectivity index (χ4v) is 2.22. The third-order valence-electron chi connectivity index (χ3n) is 3.50. The van der Waals surface area contributed by atoms with Gasteiger partial charge in [0.2, 0.25) is 0 Å². The lowest BCUT2D eigenvalue weighted by Crippen LogP contribution is -2.51. The van der Waals surface area contributed by atoms with Gasteiger partial charge in [0.15, 0.2) is 0 Å². The molecule has 9 heteroatoms. The van der Waals surface area contributed by atoms with Crippen LogP contribution in [0.5, 0.6) is 0 Å². The Kier molecular flexibility index (Phi) is 9.91. The van der Waals surface area contributed by atoms with E-state index in [2.05, 4.69) is 10.8 Å². The second-order valence-corrected chi connectivity index (χ2v) is 5.49. The number of carbonyl (C=O) groups is 3. The molecule has 1 fully saturated rings. The van der Waals surface area contributed by atoms with Crippen molar-refractivity contribution < 1.29 is 34.2 Å². The van der Waals surface area contributed by atoms with Gasteiger partial charge in [0.05, 0.1) is 13.2 Å². The van der Waals surface area contributed by atoms with Crippen LogP contribution in [-0.2, 0) is 30.6 Å². The van der Waals surface area contributed by atoms with E-state index < -0.39 is 11.9 Å². The van der Waals surface area contributed by atoms with Crippen LogP contribution in [0.2, 0.25) is 0 Å². The van der Waals surface area contributed by atoms with E-state index in [-0.39, 0.29) is 18.1 Å². The summed E-state index contributed by atoms with van der Waals surface area (Å²) in [6.45, 7) is 3.50. The van der Waals surface area contributed by atoms with E-state index in [1.165, 1.54) is 0 Å². The molecule has 0 aliphatic carbocycles. The molecule has 1 heterocycles. The minimum atomic E-state index is -1.82. The zero-order valence-electron chi connectivity index (χ0n) is 14.5. The van der Waals surface area contributed by atoms with Crippen LogP contribution in [0.4, 0.5) is 0 Å². The summed E-state index contributed by atoms with van der Waals surface area (Å²) in [5.41, 5.74) is 4.18. The number of carboxylic acids is 2. The highest BCUT2D eigenvalue weighted by Crippen LogP contribution is 2.10. The summed E-state index contributed by atoms with van der Waals surface area (Å²) >= 11 is 0. The van der Waals surface area contributed by atoms with Gasteiger partial charge in [0.25, 0.3) is 0 Å². The summed E-state index contributed by atoms with van der Waals surface area (Å²) in [7, 11) is 0. The van der Waals surface area contributed by atoms with Crippen LogP contribution in [-0.4, -0.2) is 53.4 Å². The highest BCUT2D eigenvalue weighted by Gasteiger charge is 2.26. The summed E-state index contributed by atoms with van der Waals surface area (Å²) in [6.07, 6.45) is 1.66. The van der Waals surface area contributed by atoms with Gasteiger partial charge in [-0.1, -0.05) is 30.3 Å². The Morgan fingerprint density at radius 3 is 2.31 bits per heavy atom. The van der Waals surface area contributed by atoms with Crippen molar-refractivity contribution in [2.45, 2.75) is 38.5 Å². The number of aliphatic carboxylic acids is 2. The van der Waals surface area contributed by atoms with Crippen molar-refractivity contribution in [2.24, 2.45) is 0 Å². The first kappa shape index (κ1) is 21.6. The average Bonchev–Trinajstić information content (AvgIpc) is 2.64. The van der Waals surface area contributed by atoms with Crippen molar-refractivity contribution in [2.75, 3.05) is 13.2 Å². The maximum atomic E-state index is 11.6. The zero-order valence-corrected chi connectivity index (χ0v) is 14.5. The number of hydroxylamine groups is 1. The fraction of sp³-hybridized carbons (Fsp3) is 0.471. The maximum absolute atomic E-state index is 11.6. The van der Waals surface area contributed by atoms with E-state index in [1.807, 2.05) is 37.3 Å². The Morgan fingerprint density at radius 1 is 1.15 bits per heavy atom. The number of esters is 1. The van der Waals surface area contributed by atoms with Crippen LogP contribution in [0, 0.1) is 0 Å². The van der Waals surface area contributed by atoms with Crippen molar-refractivity contribution in [3.63, 3.8) is 0 Å². The molecule has 1 aromatic rings. The Hall–Kier alpha value is -2.49. The van der Waals surface area contributed by atoms with Crippen molar-refractivity contribution in [3.05, 3.63) is 35.9 Å². The minimum Gasteiger partial charge on any atom is -0.473 e. The first-order chi connectivity index (χ1) is 12.4. The molecule has 144 valence electrons. The monoisotopic (exact) mass is 368 g/mol. The number of carboxylic acid groups (broad SMARTS) is 2. The molecule has 0 radical (unpaired) electrons. The molecular formula is C17H24N2O7. The lowest BCUT2D eigenvalue weighted by atomic mass is 10.0. The number of benzene rings is 1. The van der Waals surface area contributed by atoms with Gasteiger partial charge >= 0.3 is 17.9 Å². The van der Waals surface area contributed by atoms with Gasteiger partial charge in [0.1, 0.15) is 6.04 Å². The smallest absolute Gasteiger partial charge is 0.414 e. The number of rotatable bonds is 6. The molecule has 2 atom stereocenters. The molecule has 1 aromatic carbocycles. The number of hydrogen-bond acceptors (Lipinski definition) is 7. The van der Waals surface area contributed by atoms with E-state index in [0.717, 1.165) is 18.4 Å². The summed E-state index contributed by atoms with van der Waals surface area (Å²) in [4.78, 5) is 35.3. The number of hydrogen-bond donors (Lipinski definition) is 4. The van der Waals surface area contributed by atoms with Gasteiger partial charge in [-0.2, -0.15) is 5.48 Å². The molecular weight excluding hydrogens is 344 g/mol. The molecule has 2 rings (SSSR count). The first-order valence-electron chi connectivity index (χ1n) is 8.21. The molecule has 0 aromatic heterocycles. The van der Waals surface area contributed by atoms with Gasteiger partial charge < -0.3 is 20.3 Å². The molecule has 0 spiro atoms. The lowest BCUT2D eigenvalue weighted by Gasteiger charge is -2.28. The van der Waals surface area contributed by atoms with Crippen LogP contribution in [0.15, 0.2) is 30.3 Å². The maximum Gasteiger partial charge on any atom is 0.414 e. The predicted molar refractivity (Wildman–Crippen MR) is 91.1 cm³/mol. The van der Waals surface area contributed by atoms with Crippen LogP contribution in [0.1, 0.15) is 25.3 Å². The van der Waals surface area contributed by atoms with Gasteiger partial charge in [-0.3, -0.25) is 9.63 Å². The largest absolute Gasteiger partial charge is 0.473 e. The summed E-state index contributed by atoms with van der Waals surface area (Å²) < 4.78 is 5.00. The van der Waals surface area contributed by atoms with Crippen LogP contribution in [0.3, 0.4) is 0 Å². The van der Waals surface area contributed by atoms with Gasteiger partial charge in [-0.25, -0.2) is 9.59 Å². The van der Waals surface area contributed by atoms with Gasteiger partial charge in [-0.15, -0.1) is 0 Å². The Labute approximate surface area is 151 Å². The summed E-state index contributed by atoms with van der Waals surface area (Å²) in [6, 6.07) is 10.1. The molecule has 0 amide bonds. The molecule has 0 bridgehead atoms. The second-order valence-electron chi connectivity index (χ2n) is 5.49. The van der Waals surface area contributed by atoms with Crippen LogP contribution in [0.25, 0.3) is 0 Å². The molecule has 0 unspecified atom stereocenters. The van der Waals surface area contributed by atoms with E-state index in [4.69, 9.17) is 29.4 Å². The number of carbonyl (C=O) groups excluding carboxylic acids is 1. The van der Waals surface area contributed by atoms with Gasteiger partial charge in [-0.05, 0) is 25.3 Å². The highest BCUT2D eigenvalue weighted by atomic mass is 16.6. The SMILES string of the molecule is CCOC(=O)[C@H]1CC[C@H](NOCc2ccccc2)CN1.O=C(O)C(=O)O. The predicted octanol–water partition coefficient (Wildman–Crippen LogP) is 0.547. The molecule has 26 heavy (non-hydrogen) atoms. The third-order valence-corrected chi connectivity index (χ3v) is 3.50. The van der Waals surface area contributed by atoms with Crippen LogP contribution >= 0.6 is 0 Å². The molecule has 1 aliphatic heterocycles. The molecule has 9 nitrogen and oxygen atoms in total. The van der Waals surface area contributed by atoms with Crippen molar-refractivity contribution >= 4 is 17.9 Å². The number of piperidine rings is 1. The lowest BCUT2D eigenvalue weighted by molar-refractivity contribution is -0.159. The minimum absolute atomic E-state index is 0.156. The molecule has 1 saturated heterocycles. The van der Waals surface area contributed by atoms with E-state index >= 15 is 0 Å². The average molecular weight is 368 g/mol. The first-order valence-corrected chi connectivity index (χ1v) is 8.21. The molecule has 0 saturated carbocycles. The topological polar surface area (TPSA) is 134 Å². The standard InChI is InChI=1S/C15H22N2O3.C2H2O4/c1-2-19-15(18)14-9-8-13(10-16-14)17-20-11-12-6-4-3-5-7-12;3-1(4)2(5)6/h3-7,13-14,16-17H,2,8-11H2,1H3;(H,3,4)(H,5,6)/t13-,14+;/m0./s1. The zero-order chi connectivity index (χ0) is 19.4. The number of ether oxygens (including phenoxy) is 1. The quantitative estimate of drug-likeness (QED) is 0.322.